The molecule has 0 atom stereocenters. The molecule has 2 aromatic rings. The highest BCUT2D eigenvalue weighted by Crippen LogP contribution is 2.19. The Morgan fingerprint density at radius 2 is 1.96 bits per heavy atom. The minimum Gasteiger partial charge on any atom is -0.267 e. The number of nitriles is 1. The summed E-state index contributed by atoms with van der Waals surface area (Å²) in [6.07, 6.45) is 1.50. The van der Waals surface area contributed by atoms with Gasteiger partial charge in [0.15, 0.2) is 5.82 Å². The van der Waals surface area contributed by atoms with E-state index in [2.05, 4.69) is 15.4 Å². The molecule has 0 bridgehead atoms. The first kappa shape index (κ1) is 18.7. The van der Waals surface area contributed by atoms with Crippen LogP contribution in [0.4, 0.5) is 5.82 Å². The van der Waals surface area contributed by atoms with Crippen LogP contribution in [0, 0.1) is 16.7 Å². The van der Waals surface area contributed by atoms with E-state index >= 15 is 0 Å². The van der Waals surface area contributed by atoms with Crippen LogP contribution < -0.4 is 10.4 Å². The molecule has 2 rings (SSSR count). The van der Waals surface area contributed by atoms with Gasteiger partial charge in [0.1, 0.15) is 6.07 Å². The molecular formula is C18H20ClN5O. The number of anilines is 1. The number of hydrogen-bond acceptors (Lipinski definition) is 5. The Bertz CT molecular complexity index is 777. The molecule has 0 spiro atoms. The van der Waals surface area contributed by atoms with Crippen LogP contribution in [0.1, 0.15) is 42.5 Å². The predicted molar refractivity (Wildman–Crippen MR) is 97.0 cm³/mol. The zero-order valence-corrected chi connectivity index (χ0v) is 15.2. The average Bonchev–Trinajstić information content (AvgIpc) is 2.60. The summed E-state index contributed by atoms with van der Waals surface area (Å²) in [6.45, 7) is 6.66. The van der Waals surface area contributed by atoms with E-state index < -0.39 is 0 Å². The zero-order valence-electron chi connectivity index (χ0n) is 14.5. The monoisotopic (exact) mass is 357 g/mol. The Labute approximate surface area is 152 Å². The molecule has 0 aliphatic rings. The largest absolute Gasteiger partial charge is 0.269 e. The highest BCUT2D eigenvalue weighted by Gasteiger charge is 2.21. The van der Waals surface area contributed by atoms with Crippen molar-refractivity contribution < 1.29 is 4.79 Å². The van der Waals surface area contributed by atoms with Crippen molar-refractivity contribution in [1.82, 2.24) is 15.4 Å². The standard InChI is InChI=1S/C18H20ClN5O/c1-18(2,3)12-24(16-8-9-21-15(11-20)22-16)23-17(25)14-6-4-13(10-19)5-7-14/h4-9H,10,12H2,1-3H3,(H,23,25). The van der Waals surface area contributed by atoms with Gasteiger partial charge >= 0.3 is 0 Å². The van der Waals surface area contributed by atoms with Gasteiger partial charge in [-0.15, -0.1) is 11.6 Å². The summed E-state index contributed by atoms with van der Waals surface area (Å²) in [6, 6.07) is 10.6. The topological polar surface area (TPSA) is 81.9 Å². The van der Waals surface area contributed by atoms with Gasteiger partial charge in [-0.2, -0.15) is 10.2 Å². The Hall–Kier alpha value is -2.65. The summed E-state index contributed by atoms with van der Waals surface area (Å²) in [5, 5.41) is 10.6. The van der Waals surface area contributed by atoms with E-state index in [9.17, 15) is 4.79 Å². The number of aromatic nitrogens is 2. The number of halogens is 1. The highest BCUT2D eigenvalue weighted by atomic mass is 35.5. The number of amides is 1. The summed E-state index contributed by atoms with van der Waals surface area (Å²) in [7, 11) is 0. The number of benzene rings is 1. The van der Waals surface area contributed by atoms with Crippen LogP contribution in [0.5, 0.6) is 0 Å². The number of hydrogen-bond donors (Lipinski definition) is 1. The fourth-order valence-electron chi connectivity index (χ4n) is 2.14. The Kier molecular flexibility index (Phi) is 5.94. The van der Waals surface area contributed by atoms with E-state index in [0.717, 1.165) is 5.56 Å². The van der Waals surface area contributed by atoms with Gasteiger partial charge in [0.05, 0.1) is 0 Å². The third kappa shape index (κ3) is 5.44. The second-order valence-electron chi connectivity index (χ2n) is 6.77. The maximum absolute atomic E-state index is 12.6. The molecule has 1 aromatic carbocycles. The molecule has 0 aliphatic heterocycles. The molecule has 7 heteroatoms. The Balaban J connectivity index is 2.25. The van der Waals surface area contributed by atoms with Gasteiger partial charge < -0.3 is 0 Å². The van der Waals surface area contributed by atoms with Crippen LogP contribution in [0.2, 0.25) is 0 Å². The highest BCUT2D eigenvalue weighted by molar-refractivity contribution is 6.17. The lowest BCUT2D eigenvalue weighted by atomic mass is 9.97. The van der Waals surface area contributed by atoms with Crippen LogP contribution in [0.3, 0.4) is 0 Å². The fraction of sp³-hybridized carbons (Fsp3) is 0.333. The van der Waals surface area contributed by atoms with Crippen LogP contribution >= 0.6 is 11.6 Å². The second kappa shape index (κ2) is 7.95. The van der Waals surface area contributed by atoms with Crippen LogP contribution in [-0.4, -0.2) is 22.4 Å². The number of alkyl halides is 1. The number of hydrazine groups is 1. The van der Waals surface area contributed by atoms with E-state index in [4.69, 9.17) is 16.9 Å². The van der Waals surface area contributed by atoms with Crippen LogP contribution in [0.15, 0.2) is 36.5 Å². The van der Waals surface area contributed by atoms with Crippen molar-refractivity contribution in [3.05, 3.63) is 53.5 Å². The van der Waals surface area contributed by atoms with Gasteiger partial charge in [-0.05, 0) is 23.1 Å². The van der Waals surface area contributed by atoms with Gasteiger partial charge in [-0.25, -0.2) is 4.98 Å². The second-order valence-corrected chi connectivity index (χ2v) is 7.04. The Morgan fingerprint density at radius 1 is 1.28 bits per heavy atom. The molecule has 0 saturated heterocycles. The number of rotatable bonds is 5. The molecule has 0 radical (unpaired) electrons. The van der Waals surface area contributed by atoms with E-state index in [0.29, 0.717) is 23.8 Å². The van der Waals surface area contributed by atoms with Gasteiger partial charge in [0.25, 0.3) is 5.91 Å². The van der Waals surface area contributed by atoms with Gasteiger partial charge in [-0.1, -0.05) is 32.9 Å². The molecule has 1 N–H and O–H groups in total. The molecule has 130 valence electrons. The van der Waals surface area contributed by atoms with Gasteiger partial charge in [-0.3, -0.25) is 15.2 Å². The molecule has 0 saturated carbocycles. The van der Waals surface area contributed by atoms with Gasteiger partial charge in [0.2, 0.25) is 5.82 Å². The van der Waals surface area contributed by atoms with Crippen molar-refractivity contribution in [1.29, 1.82) is 5.26 Å². The van der Waals surface area contributed by atoms with E-state index in [-0.39, 0.29) is 17.1 Å². The van der Waals surface area contributed by atoms with Crippen LogP contribution in [0.25, 0.3) is 0 Å². The minimum absolute atomic E-state index is 0.0529. The molecule has 0 aliphatic carbocycles. The summed E-state index contributed by atoms with van der Waals surface area (Å²) in [5.74, 6) is 0.655. The smallest absolute Gasteiger partial charge is 0.267 e. The lowest BCUT2D eigenvalue weighted by Crippen LogP contribution is -2.47. The van der Waals surface area contributed by atoms with Gasteiger partial charge in [0, 0.05) is 30.3 Å². The maximum Gasteiger partial charge on any atom is 0.269 e. The predicted octanol–water partition coefficient (Wildman–Crippen LogP) is 3.28. The number of nitrogens with one attached hydrogen (secondary N) is 1. The molecule has 25 heavy (non-hydrogen) atoms. The molecule has 0 fully saturated rings. The van der Waals surface area contributed by atoms with Crippen molar-refractivity contribution in [3.63, 3.8) is 0 Å². The van der Waals surface area contributed by atoms with Crippen molar-refractivity contribution in [2.75, 3.05) is 11.6 Å². The molecule has 0 unspecified atom stereocenters. The van der Waals surface area contributed by atoms with Crippen molar-refractivity contribution in [2.24, 2.45) is 5.41 Å². The minimum atomic E-state index is -0.262. The van der Waals surface area contributed by atoms with Crippen LogP contribution in [-0.2, 0) is 5.88 Å². The third-order valence-electron chi connectivity index (χ3n) is 3.26. The number of carbonyl (C=O) groups is 1. The van der Waals surface area contributed by atoms with E-state index in [1.807, 2.05) is 39.0 Å². The lowest BCUT2D eigenvalue weighted by Gasteiger charge is -2.30. The molecule has 1 amide bonds. The van der Waals surface area contributed by atoms with Crippen molar-refractivity contribution in [2.45, 2.75) is 26.7 Å². The number of carbonyl (C=O) groups excluding carboxylic acids is 1. The first-order valence-corrected chi connectivity index (χ1v) is 8.32. The van der Waals surface area contributed by atoms with Crippen molar-refractivity contribution >= 4 is 23.3 Å². The first-order chi connectivity index (χ1) is 11.8. The zero-order chi connectivity index (χ0) is 18.4. The quantitative estimate of drug-likeness (QED) is 0.656. The fourth-order valence-corrected chi connectivity index (χ4v) is 2.32. The summed E-state index contributed by atoms with van der Waals surface area (Å²) < 4.78 is 0. The maximum atomic E-state index is 12.6. The summed E-state index contributed by atoms with van der Waals surface area (Å²) in [5.41, 5.74) is 4.21. The third-order valence-corrected chi connectivity index (χ3v) is 3.57. The summed E-state index contributed by atoms with van der Waals surface area (Å²) in [4.78, 5) is 20.6. The van der Waals surface area contributed by atoms with Crippen molar-refractivity contribution in [3.8, 4) is 6.07 Å². The summed E-state index contributed by atoms with van der Waals surface area (Å²) >= 11 is 5.78. The Morgan fingerprint density at radius 3 is 2.52 bits per heavy atom. The van der Waals surface area contributed by atoms with E-state index in [1.54, 1.807) is 23.2 Å². The lowest BCUT2D eigenvalue weighted by molar-refractivity contribution is 0.0945. The number of nitrogens with zero attached hydrogens (tertiary/aromatic N) is 4. The molecular weight excluding hydrogens is 338 g/mol. The molecule has 6 nitrogen and oxygen atoms in total. The van der Waals surface area contributed by atoms with E-state index in [1.165, 1.54) is 6.20 Å². The molecule has 1 aromatic heterocycles. The molecule has 1 heterocycles. The normalized spacial score (nSPS) is 10.8. The first-order valence-electron chi connectivity index (χ1n) is 7.79. The SMILES string of the molecule is CC(C)(C)CN(NC(=O)c1ccc(CCl)cc1)c1ccnc(C#N)n1. The average molecular weight is 358 g/mol.